The first-order chi connectivity index (χ1) is 16.8. The Morgan fingerprint density at radius 3 is 1.86 bits per heavy atom. The number of benzene rings is 1. The molecular weight excluding hydrogens is 454 g/mol. The van der Waals surface area contributed by atoms with Crippen LogP contribution in [0.3, 0.4) is 0 Å². The van der Waals surface area contributed by atoms with Crippen LogP contribution >= 0.6 is 0 Å². The summed E-state index contributed by atoms with van der Waals surface area (Å²) < 4.78 is 17.2. The molecule has 0 amide bonds. The maximum absolute atomic E-state index is 12.7. The maximum atomic E-state index is 12.7. The van der Waals surface area contributed by atoms with Crippen LogP contribution in [0.1, 0.15) is 85.5 Å². The minimum absolute atomic E-state index is 0.0514. The molecule has 10 nitrogen and oxygen atoms in total. The lowest BCUT2D eigenvalue weighted by molar-refractivity contribution is -0.649. The fourth-order valence-corrected chi connectivity index (χ4v) is 4.32. The van der Waals surface area contributed by atoms with Gasteiger partial charge >= 0.3 is 11.7 Å². The highest BCUT2D eigenvalue weighted by Gasteiger charge is 2.59. The fourth-order valence-electron chi connectivity index (χ4n) is 4.32. The molecule has 0 saturated carbocycles. The van der Waals surface area contributed by atoms with Crippen LogP contribution in [0.2, 0.25) is 0 Å². The van der Waals surface area contributed by atoms with Crippen molar-refractivity contribution in [3.63, 3.8) is 0 Å². The molecule has 0 bridgehead atoms. The zero-order valence-electron chi connectivity index (χ0n) is 21.7. The minimum atomic E-state index is -2.08. The topological polar surface area (TPSA) is 126 Å². The molecule has 0 aliphatic rings. The Kier molecular flexibility index (Phi) is 14.4. The molecule has 1 N–H and O–H groups in total. The Morgan fingerprint density at radius 2 is 1.37 bits per heavy atom. The van der Waals surface area contributed by atoms with Crippen molar-refractivity contribution in [1.29, 1.82) is 0 Å². The van der Waals surface area contributed by atoms with Crippen LogP contribution in [0.4, 0.5) is 5.69 Å². The van der Waals surface area contributed by atoms with Crippen LogP contribution in [0, 0.1) is 20.2 Å². The Balaban J connectivity index is 3.31. The van der Waals surface area contributed by atoms with E-state index in [-0.39, 0.29) is 39.1 Å². The lowest BCUT2D eigenvalue weighted by Crippen LogP contribution is -2.59. The average molecular weight is 498 g/mol. The van der Waals surface area contributed by atoms with Crippen molar-refractivity contribution in [2.45, 2.75) is 103 Å². The first kappa shape index (κ1) is 30.7. The minimum Gasteiger partial charge on any atom is -0.328 e. The predicted molar refractivity (Wildman–Crippen MR) is 135 cm³/mol. The second-order valence-corrected chi connectivity index (χ2v) is 8.51. The van der Waals surface area contributed by atoms with E-state index in [0.717, 1.165) is 32.1 Å². The fraction of sp³-hybridized carbons (Fsp3) is 0.760. The van der Waals surface area contributed by atoms with Crippen LogP contribution in [-0.4, -0.2) is 47.3 Å². The van der Waals surface area contributed by atoms with Gasteiger partial charge in [0.25, 0.3) is 5.97 Å². The molecule has 35 heavy (non-hydrogen) atoms. The summed E-state index contributed by atoms with van der Waals surface area (Å²) in [5.41, 5.74) is -1.64. The monoisotopic (exact) mass is 497 g/mol. The van der Waals surface area contributed by atoms with Gasteiger partial charge in [0.2, 0.25) is 0 Å². The molecular formula is C25H43N3O7. The number of nitrogens with zero attached hydrogens (tertiary/aromatic N) is 2. The zero-order valence-corrected chi connectivity index (χ0v) is 21.7. The molecule has 0 aliphatic heterocycles. The molecule has 200 valence electrons. The third-order valence-corrected chi connectivity index (χ3v) is 6.00. The van der Waals surface area contributed by atoms with Crippen molar-refractivity contribution in [1.82, 2.24) is 0 Å². The van der Waals surface area contributed by atoms with Gasteiger partial charge < -0.3 is 19.5 Å². The van der Waals surface area contributed by atoms with E-state index in [1.807, 2.05) is 0 Å². The number of rotatable bonds is 21. The van der Waals surface area contributed by atoms with Crippen molar-refractivity contribution < 1.29 is 24.1 Å². The summed E-state index contributed by atoms with van der Waals surface area (Å²) in [6.45, 7) is 8.21. The quantitative estimate of drug-likeness (QED) is 0.0947. The van der Waals surface area contributed by atoms with Gasteiger partial charge in [-0.05, 0) is 39.3 Å². The van der Waals surface area contributed by atoms with Gasteiger partial charge in [0.1, 0.15) is 0 Å². The SMILES string of the molecule is CCCCCCCCC([N+](=O)[O-])C(CCC(OCC)(OCC)OCC)(Nc1ccccc1)[N+](=O)[O-]. The summed E-state index contributed by atoms with van der Waals surface area (Å²) in [6, 6.07) is 7.12. The summed E-state index contributed by atoms with van der Waals surface area (Å²) in [5, 5.41) is 27.9. The summed E-state index contributed by atoms with van der Waals surface area (Å²) in [4.78, 5) is 23.9. The van der Waals surface area contributed by atoms with Gasteiger partial charge in [-0.15, -0.1) is 0 Å². The van der Waals surface area contributed by atoms with Crippen LogP contribution in [0.15, 0.2) is 30.3 Å². The molecule has 1 aromatic carbocycles. The van der Waals surface area contributed by atoms with E-state index in [9.17, 15) is 20.2 Å². The first-order valence-corrected chi connectivity index (χ1v) is 12.8. The maximum Gasteiger partial charge on any atom is 0.360 e. The average Bonchev–Trinajstić information content (AvgIpc) is 2.82. The number of nitrogens with one attached hydrogen (secondary N) is 1. The molecule has 0 radical (unpaired) electrons. The van der Waals surface area contributed by atoms with E-state index < -0.39 is 27.5 Å². The van der Waals surface area contributed by atoms with Crippen molar-refractivity contribution in [3.05, 3.63) is 50.6 Å². The van der Waals surface area contributed by atoms with Crippen molar-refractivity contribution >= 4 is 5.69 Å². The van der Waals surface area contributed by atoms with Crippen LogP contribution in [-0.2, 0) is 14.2 Å². The Morgan fingerprint density at radius 1 is 0.829 bits per heavy atom. The summed E-state index contributed by atoms with van der Waals surface area (Å²) >= 11 is 0. The van der Waals surface area contributed by atoms with Gasteiger partial charge in [0.15, 0.2) is 0 Å². The molecule has 0 spiro atoms. The van der Waals surface area contributed by atoms with Crippen LogP contribution in [0.25, 0.3) is 0 Å². The van der Waals surface area contributed by atoms with Crippen molar-refractivity contribution in [2.24, 2.45) is 0 Å². The number of anilines is 1. The molecule has 2 unspecified atom stereocenters. The Bertz CT molecular complexity index is 718. The highest BCUT2D eigenvalue weighted by Crippen LogP contribution is 2.34. The van der Waals surface area contributed by atoms with Gasteiger partial charge in [-0.25, -0.2) is 0 Å². The van der Waals surface area contributed by atoms with E-state index in [1.54, 1.807) is 51.1 Å². The predicted octanol–water partition coefficient (Wildman–Crippen LogP) is 6.01. The molecule has 0 fully saturated rings. The standard InChI is InChI=1S/C25H43N3O7/c1-5-9-10-11-12-16-19-23(27(29)30)24(28(31)32,26-22-17-14-13-15-18-22)20-21-25(33-6-2,34-7-3)35-8-4/h13-15,17-18,23,26H,5-12,16,19-21H2,1-4H3. The smallest absolute Gasteiger partial charge is 0.328 e. The van der Waals surface area contributed by atoms with Gasteiger partial charge in [-0.2, -0.15) is 0 Å². The molecule has 0 saturated heterocycles. The molecule has 0 aliphatic carbocycles. The molecule has 1 rings (SSSR count). The largest absolute Gasteiger partial charge is 0.360 e. The summed E-state index contributed by atoms with van der Waals surface area (Å²) in [7, 11) is 0. The van der Waals surface area contributed by atoms with E-state index >= 15 is 0 Å². The van der Waals surface area contributed by atoms with Gasteiger partial charge in [-0.3, -0.25) is 20.2 Å². The van der Waals surface area contributed by atoms with Gasteiger partial charge in [0, 0.05) is 43.3 Å². The van der Waals surface area contributed by atoms with Gasteiger partial charge in [-0.1, -0.05) is 57.2 Å². The first-order valence-electron chi connectivity index (χ1n) is 12.8. The second-order valence-electron chi connectivity index (χ2n) is 8.51. The highest BCUT2D eigenvalue weighted by atomic mass is 16.9. The van der Waals surface area contributed by atoms with Gasteiger partial charge in [0.05, 0.1) is 11.3 Å². The molecule has 1 aromatic rings. The molecule has 0 aromatic heterocycles. The number of hydrogen-bond donors (Lipinski definition) is 1. The van der Waals surface area contributed by atoms with E-state index in [4.69, 9.17) is 14.2 Å². The van der Waals surface area contributed by atoms with Crippen LogP contribution < -0.4 is 5.32 Å². The number of ether oxygens (including phenoxy) is 3. The molecule has 10 heteroatoms. The van der Waals surface area contributed by atoms with E-state index in [0.29, 0.717) is 12.1 Å². The lowest BCUT2D eigenvalue weighted by atomic mass is 9.89. The molecule has 2 atom stereocenters. The Hall–Kier alpha value is -2.30. The van der Waals surface area contributed by atoms with E-state index in [2.05, 4.69) is 12.2 Å². The summed E-state index contributed by atoms with van der Waals surface area (Å²) in [6.07, 6.45) is 5.37. The third-order valence-electron chi connectivity index (χ3n) is 6.00. The number of hydrogen-bond acceptors (Lipinski definition) is 8. The number of para-hydroxylation sites is 1. The normalized spacial score (nSPS) is 14.3. The number of nitro groups is 2. The third kappa shape index (κ3) is 9.70. The lowest BCUT2D eigenvalue weighted by Gasteiger charge is -2.35. The van der Waals surface area contributed by atoms with Crippen molar-refractivity contribution in [2.75, 3.05) is 25.1 Å². The summed E-state index contributed by atoms with van der Waals surface area (Å²) in [5.74, 6) is -1.51. The zero-order chi connectivity index (χ0) is 26.2. The van der Waals surface area contributed by atoms with Crippen LogP contribution in [0.5, 0.6) is 0 Å². The van der Waals surface area contributed by atoms with E-state index in [1.165, 1.54) is 0 Å². The van der Waals surface area contributed by atoms with Crippen molar-refractivity contribution in [3.8, 4) is 0 Å². The number of unbranched alkanes of at least 4 members (excludes halogenated alkanes) is 5. The second kappa shape index (κ2) is 16.4. The molecule has 0 heterocycles. The Labute approximate surface area is 209 Å². The highest BCUT2D eigenvalue weighted by molar-refractivity contribution is 5.44.